The fourth-order valence-electron chi connectivity index (χ4n) is 4.97. The molecule has 3 atom stereocenters. The zero-order valence-electron chi connectivity index (χ0n) is 24.1. The maximum Gasteiger partial charge on any atom is 0.307 e. The minimum atomic E-state index is -1.05. The quantitative estimate of drug-likeness (QED) is 0.286. The van der Waals surface area contributed by atoms with Gasteiger partial charge in [-0.2, -0.15) is 0 Å². The van der Waals surface area contributed by atoms with Gasteiger partial charge in [0.15, 0.2) is 5.78 Å². The van der Waals surface area contributed by atoms with Crippen LogP contribution in [0.3, 0.4) is 0 Å². The molecule has 1 heterocycles. The highest BCUT2D eigenvalue weighted by molar-refractivity contribution is 5.94. The van der Waals surface area contributed by atoms with E-state index in [2.05, 4.69) is 10.6 Å². The van der Waals surface area contributed by atoms with Gasteiger partial charge in [-0.05, 0) is 42.7 Å². The van der Waals surface area contributed by atoms with Crippen LogP contribution in [0.25, 0.3) is 0 Å². The van der Waals surface area contributed by atoms with Gasteiger partial charge in [-0.3, -0.25) is 24.1 Å². The number of aryl methyl sites for hydroxylation is 1. The molecule has 1 saturated heterocycles. The van der Waals surface area contributed by atoms with Gasteiger partial charge in [0.1, 0.15) is 6.04 Å². The van der Waals surface area contributed by atoms with Gasteiger partial charge in [0.2, 0.25) is 11.8 Å². The lowest BCUT2D eigenvalue weighted by atomic mass is 9.89. The number of amides is 2. The van der Waals surface area contributed by atoms with Gasteiger partial charge in [0.25, 0.3) is 0 Å². The number of ketones is 1. The summed E-state index contributed by atoms with van der Waals surface area (Å²) in [6.07, 6.45) is 1.33. The summed E-state index contributed by atoms with van der Waals surface area (Å²) in [4.78, 5) is 53.9. The van der Waals surface area contributed by atoms with Crippen molar-refractivity contribution < 1.29 is 29.0 Å². The molecule has 1 aliphatic heterocycles. The first-order valence-corrected chi connectivity index (χ1v) is 14.4. The molecule has 0 aromatic heterocycles. The predicted octanol–water partition coefficient (Wildman–Crippen LogP) is 2.87. The van der Waals surface area contributed by atoms with E-state index in [4.69, 9.17) is 4.74 Å². The molecule has 1 fully saturated rings. The third-order valence-corrected chi connectivity index (χ3v) is 7.22. The molecule has 3 N–H and O–H groups in total. The zero-order chi connectivity index (χ0) is 29.6. The van der Waals surface area contributed by atoms with Crippen molar-refractivity contribution in [3.63, 3.8) is 0 Å². The van der Waals surface area contributed by atoms with E-state index in [0.717, 1.165) is 11.1 Å². The Morgan fingerprint density at radius 1 is 0.878 bits per heavy atom. The minimum Gasteiger partial charge on any atom is -0.481 e. The number of carbonyl (C=O) groups is 4. The van der Waals surface area contributed by atoms with Crippen LogP contribution >= 0.6 is 0 Å². The van der Waals surface area contributed by atoms with Gasteiger partial charge in [-0.15, -0.1) is 0 Å². The summed E-state index contributed by atoms with van der Waals surface area (Å²) in [7, 11) is 0. The molecule has 0 saturated carbocycles. The van der Waals surface area contributed by atoms with Gasteiger partial charge in [-0.1, -0.05) is 74.5 Å². The van der Waals surface area contributed by atoms with Crippen LogP contribution in [0.15, 0.2) is 60.7 Å². The smallest absolute Gasteiger partial charge is 0.307 e. The number of ether oxygens (including phenoxy) is 1. The van der Waals surface area contributed by atoms with Gasteiger partial charge in [0, 0.05) is 19.5 Å². The molecule has 2 aromatic carbocycles. The molecule has 3 rings (SSSR count). The summed E-state index contributed by atoms with van der Waals surface area (Å²) in [5, 5.41) is 15.6. The first kappa shape index (κ1) is 32.0. The van der Waals surface area contributed by atoms with Crippen LogP contribution in [-0.2, 0) is 36.8 Å². The maximum atomic E-state index is 13.6. The van der Waals surface area contributed by atoms with Crippen molar-refractivity contribution in [3.8, 4) is 0 Å². The zero-order valence-corrected chi connectivity index (χ0v) is 24.1. The lowest BCUT2D eigenvalue weighted by Gasteiger charge is -2.28. The molecule has 9 heteroatoms. The number of nitrogens with zero attached hydrogens (tertiary/aromatic N) is 1. The van der Waals surface area contributed by atoms with Crippen LogP contribution in [0.2, 0.25) is 0 Å². The molecule has 0 radical (unpaired) electrons. The van der Waals surface area contributed by atoms with E-state index in [0.29, 0.717) is 45.6 Å². The number of hydrogen-bond donors (Lipinski definition) is 3. The number of carbonyl (C=O) groups excluding carboxylic acids is 3. The topological polar surface area (TPSA) is 125 Å². The molecule has 0 bridgehead atoms. The van der Waals surface area contributed by atoms with E-state index >= 15 is 0 Å². The fourth-order valence-corrected chi connectivity index (χ4v) is 4.97. The maximum absolute atomic E-state index is 13.6. The molecule has 0 aliphatic carbocycles. The number of rotatable bonds is 16. The highest BCUT2D eigenvalue weighted by atomic mass is 16.5. The van der Waals surface area contributed by atoms with E-state index < -0.39 is 29.9 Å². The molecule has 2 aromatic rings. The molecule has 0 spiro atoms. The lowest BCUT2D eigenvalue weighted by molar-refractivity contribution is -0.144. The van der Waals surface area contributed by atoms with Crippen molar-refractivity contribution in [1.82, 2.24) is 15.5 Å². The van der Waals surface area contributed by atoms with Gasteiger partial charge < -0.3 is 20.5 Å². The average Bonchev–Trinajstić information content (AvgIpc) is 2.95. The Morgan fingerprint density at radius 2 is 1.49 bits per heavy atom. The number of Topliss-reactive ketones (excluding diaryl/α,β-unsaturated/α-hetero) is 1. The molecular weight excluding hydrogens is 522 g/mol. The van der Waals surface area contributed by atoms with E-state index in [1.54, 1.807) is 0 Å². The van der Waals surface area contributed by atoms with Crippen molar-refractivity contribution in [2.24, 2.45) is 11.8 Å². The molecule has 0 unspecified atom stereocenters. The van der Waals surface area contributed by atoms with Crippen LogP contribution in [0.1, 0.15) is 44.2 Å². The molecule has 222 valence electrons. The van der Waals surface area contributed by atoms with E-state index in [1.807, 2.05) is 79.4 Å². The van der Waals surface area contributed by atoms with E-state index in [-0.39, 0.29) is 37.0 Å². The summed E-state index contributed by atoms with van der Waals surface area (Å²) in [5.74, 6) is -2.89. The highest BCUT2D eigenvalue weighted by Crippen LogP contribution is 2.17. The van der Waals surface area contributed by atoms with E-state index in [9.17, 15) is 24.3 Å². The third-order valence-electron chi connectivity index (χ3n) is 7.22. The van der Waals surface area contributed by atoms with Crippen LogP contribution in [0.5, 0.6) is 0 Å². The highest BCUT2D eigenvalue weighted by Gasteiger charge is 2.31. The average molecular weight is 566 g/mol. The molecule has 9 nitrogen and oxygen atoms in total. The SMILES string of the molecule is CC(C)C[C@H](NC(=O)[C@H](CCc1ccccc1)NC(=O)CN1CCOCC1)C(=O)C[C@@H](Cc1ccccc1)C(=O)O. The van der Waals surface area contributed by atoms with Crippen molar-refractivity contribution >= 4 is 23.6 Å². The van der Waals surface area contributed by atoms with Crippen molar-refractivity contribution in [1.29, 1.82) is 0 Å². The number of morpholine rings is 1. The van der Waals surface area contributed by atoms with Crippen LogP contribution in [0.4, 0.5) is 0 Å². The minimum absolute atomic E-state index is 0.0836. The number of benzene rings is 2. The molecule has 2 amide bonds. The van der Waals surface area contributed by atoms with Crippen LogP contribution in [0, 0.1) is 11.8 Å². The number of aliphatic carboxylic acids is 1. The summed E-state index contributed by atoms with van der Waals surface area (Å²) in [6, 6.07) is 17.2. The Kier molecular flexibility index (Phi) is 13.0. The molecular formula is C32H43N3O6. The van der Waals surface area contributed by atoms with Gasteiger partial charge >= 0.3 is 5.97 Å². The summed E-state index contributed by atoms with van der Waals surface area (Å²) in [5.41, 5.74) is 1.87. The Balaban J connectivity index is 1.70. The number of carboxylic acid groups (broad SMARTS) is 1. The fraction of sp³-hybridized carbons (Fsp3) is 0.500. The second kappa shape index (κ2) is 16.6. The second-order valence-corrected chi connectivity index (χ2v) is 11.1. The third kappa shape index (κ3) is 11.4. The Hall–Kier alpha value is -3.56. The van der Waals surface area contributed by atoms with Crippen LogP contribution in [-0.4, -0.2) is 78.5 Å². The van der Waals surface area contributed by atoms with E-state index in [1.165, 1.54) is 0 Å². The van der Waals surface area contributed by atoms with Crippen molar-refractivity contribution in [2.75, 3.05) is 32.8 Å². The monoisotopic (exact) mass is 565 g/mol. The normalized spacial score (nSPS) is 16.0. The summed E-state index contributed by atoms with van der Waals surface area (Å²) < 4.78 is 5.36. The Bertz CT molecular complexity index is 1120. The summed E-state index contributed by atoms with van der Waals surface area (Å²) in [6.45, 7) is 6.47. The number of hydrogen-bond acceptors (Lipinski definition) is 6. The first-order chi connectivity index (χ1) is 19.7. The van der Waals surface area contributed by atoms with Crippen molar-refractivity contribution in [3.05, 3.63) is 71.8 Å². The molecule has 1 aliphatic rings. The number of nitrogens with one attached hydrogen (secondary N) is 2. The van der Waals surface area contributed by atoms with Gasteiger partial charge in [0.05, 0.1) is 31.7 Å². The van der Waals surface area contributed by atoms with Crippen molar-refractivity contribution in [2.45, 2.75) is 58.0 Å². The largest absolute Gasteiger partial charge is 0.481 e. The Labute approximate surface area is 242 Å². The predicted molar refractivity (Wildman–Crippen MR) is 156 cm³/mol. The van der Waals surface area contributed by atoms with Crippen LogP contribution < -0.4 is 10.6 Å². The van der Waals surface area contributed by atoms with Gasteiger partial charge in [-0.25, -0.2) is 0 Å². The lowest BCUT2D eigenvalue weighted by Crippen LogP contribution is -2.54. The first-order valence-electron chi connectivity index (χ1n) is 14.4. The summed E-state index contributed by atoms with van der Waals surface area (Å²) >= 11 is 0. The Morgan fingerprint density at radius 3 is 2.07 bits per heavy atom. The molecule has 41 heavy (non-hydrogen) atoms. The standard InChI is InChI=1S/C32H43N3O6/c1-23(2)19-28(29(36)21-26(32(39)40)20-25-11-7-4-8-12-25)34-31(38)27(14-13-24-9-5-3-6-10-24)33-30(37)22-35-15-17-41-18-16-35/h3-12,23,26-28H,13-22H2,1-2H3,(H,33,37)(H,34,38)(H,39,40)/t26-,27+,28+/m1/s1. The second-order valence-electron chi connectivity index (χ2n) is 11.1. The number of carboxylic acids is 1.